The molecule has 0 unspecified atom stereocenters. The number of nitrogens with two attached hydrogens (primary N) is 1. The van der Waals surface area contributed by atoms with E-state index in [2.05, 4.69) is 15.1 Å². The summed E-state index contributed by atoms with van der Waals surface area (Å²) >= 11 is 0. The highest BCUT2D eigenvalue weighted by atomic mass is 32.2. The van der Waals surface area contributed by atoms with E-state index >= 15 is 0 Å². The molecule has 0 aliphatic rings. The largest absolute Gasteiger partial charge is 0.478 e. The molecule has 10 heteroatoms. The van der Waals surface area contributed by atoms with Crippen molar-refractivity contribution in [1.29, 1.82) is 0 Å². The van der Waals surface area contributed by atoms with Gasteiger partial charge in [-0.25, -0.2) is 28.0 Å². The third-order valence-electron chi connectivity index (χ3n) is 2.94. The molecule has 0 aromatic carbocycles. The van der Waals surface area contributed by atoms with Crippen LogP contribution in [0.25, 0.3) is 16.7 Å². The molecular weight excluding hydrogens is 310 g/mol. The molecule has 0 aliphatic heterocycles. The molecule has 0 atom stereocenters. The van der Waals surface area contributed by atoms with Crippen LogP contribution in [0.1, 0.15) is 10.4 Å². The first kappa shape index (κ1) is 14.1. The van der Waals surface area contributed by atoms with Crippen LogP contribution in [0.3, 0.4) is 0 Å². The molecule has 0 saturated carbocycles. The van der Waals surface area contributed by atoms with Gasteiger partial charge in [-0.05, 0) is 12.1 Å². The van der Waals surface area contributed by atoms with E-state index in [9.17, 15) is 13.2 Å². The van der Waals surface area contributed by atoms with Crippen molar-refractivity contribution < 1.29 is 18.3 Å². The average Bonchev–Trinajstić information content (AvgIpc) is 2.90. The van der Waals surface area contributed by atoms with Crippen molar-refractivity contribution in [3.05, 3.63) is 42.4 Å². The van der Waals surface area contributed by atoms with Crippen molar-refractivity contribution in [2.24, 2.45) is 5.14 Å². The monoisotopic (exact) mass is 319 g/mol. The minimum absolute atomic E-state index is 0.00801. The van der Waals surface area contributed by atoms with Gasteiger partial charge in [-0.2, -0.15) is 5.10 Å². The van der Waals surface area contributed by atoms with Gasteiger partial charge in [-0.15, -0.1) is 0 Å². The van der Waals surface area contributed by atoms with E-state index in [0.717, 1.165) is 0 Å². The van der Waals surface area contributed by atoms with Crippen LogP contribution in [-0.2, 0) is 10.0 Å². The number of hydrogen-bond donors (Lipinski definition) is 2. The van der Waals surface area contributed by atoms with Crippen LogP contribution in [0.5, 0.6) is 0 Å². The van der Waals surface area contributed by atoms with Crippen molar-refractivity contribution in [1.82, 2.24) is 19.7 Å². The van der Waals surface area contributed by atoms with Crippen LogP contribution in [0.4, 0.5) is 0 Å². The first-order valence-corrected chi connectivity index (χ1v) is 7.48. The quantitative estimate of drug-likeness (QED) is 0.700. The summed E-state index contributed by atoms with van der Waals surface area (Å²) in [5.74, 6) is -0.949. The lowest BCUT2D eigenvalue weighted by Gasteiger charge is -2.04. The smallest absolute Gasteiger partial charge is 0.338 e. The van der Waals surface area contributed by atoms with Gasteiger partial charge in [0.1, 0.15) is 0 Å². The Morgan fingerprint density at radius 2 is 2.00 bits per heavy atom. The SMILES string of the molecule is NS(=O)(=O)c1cccc(-n2ncc3c(C(=O)O)cncc32)n1. The van der Waals surface area contributed by atoms with E-state index in [1.54, 1.807) is 0 Å². The Hall–Kier alpha value is -2.85. The van der Waals surface area contributed by atoms with Crippen LogP contribution >= 0.6 is 0 Å². The second-order valence-corrected chi connectivity index (χ2v) is 5.87. The predicted octanol–water partition coefficient (Wildman–Crippen LogP) is 0.161. The zero-order valence-electron chi connectivity index (χ0n) is 10.9. The highest BCUT2D eigenvalue weighted by molar-refractivity contribution is 7.89. The summed E-state index contributed by atoms with van der Waals surface area (Å²) < 4.78 is 24.0. The van der Waals surface area contributed by atoms with Gasteiger partial charge in [0.25, 0.3) is 10.0 Å². The second-order valence-electron chi connectivity index (χ2n) is 4.36. The van der Waals surface area contributed by atoms with E-state index in [4.69, 9.17) is 10.2 Å². The zero-order chi connectivity index (χ0) is 15.9. The van der Waals surface area contributed by atoms with E-state index in [-0.39, 0.29) is 16.4 Å². The first-order valence-electron chi connectivity index (χ1n) is 5.93. The fraction of sp³-hybridized carbons (Fsp3) is 0. The summed E-state index contributed by atoms with van der Waals surface area (Å²) in [7, 11) is -3.95. The van der Waals surface area contributed by atoms with Gasteiger partial charge >= 0.3 is 5.97 Å². The molecule has 3 aromatic heterocycles. The number of nitrogens with zero attached hydrogens (tertiary/aromatic N) is 4. The lowest BCUT2D eigenvalue weighted by Crippen LogP contribution is -2.15. The van der Waals surface area contributed by atoms with Crippen LogP contribution in [-0.4, -0.2) is 39.2 Å². The normalized spacial score (nSPS) is 11.7. The number of pyridine rings is 2. The highest BCUT2D eigenvalue weighted by Gasteiger charge is 2.16. The Labute approximate surface area is 124 Å². The molecule has 3 rings (SSSR count). The Bertz CT molecular complexity index is 996. The van der Waals surface area contributed by atoms with E-state index in [0.29, 0.717) is 10.9 Å². The van der Waals surface area contributed by atoms with Gasteiger partial charge in [0.05, 0.1) is 23.5 Å². The third-order valence-corrected chi connectivity index (χ3v) is 3.76. The summed E-state index contributed by atoms with van der Waals surface area (Å²) in [5, 5.41) is 18.3. The lowest BCUT2D eigenvalue weighted by molar-refractivity contribution is 0.0698. The summed E-state index contributed by atoms with van der Waals surface area (Å²) in [6.45, 7) is 0. The Kier molecular flexibility index (Phi) is 3.11. The zero-order valence-corrected chi connectivity index (χ0v) is 11.7. The number of carbonyl (C=O) groups is 1. The summed E-state index contributed by atoms with van der Waals surface area (Å²) in [6.07, 6.45) is 3.98. The number of carboxylic acids is 1. The van der Waals surface area contributed by atoms with Gasteiger partial charge in [-0.1, -0.05) is 6.07 Å². The Morgan fingerprint density at radius 3 is 2.68 bits per heavy atom. The number of aromatic carboxylic acids is 1. The first-order chi connectivity index (χ1) is 10.4. The molecule has 0 spiro atoms. The van der Waals surface area contributed by atoms with Crippen LogP contribution in [0, 0.1) is 0 Å². The molecule has 0 saturated heterocycles. The van der Waals surface area contributed by atoms with Crippen LogP contribution < -0.4 is 5.14 Å². The number of aromatic nitrogens is 4. The average molecular weight is 319 g/mol. The second kappa shape index (κ2) is 4.86. The molecule has 3 N–H and O–H groups in total. The third kappa shape index (κ3) is 2.29. The van der Waals surface area contributed by atoms with Crippen molar-refractivity contribution in [2.45, 2.75) is 5.03 Å². The van der Waals surface area contributed by atoms with Gasteiger partial charge < -0.3 is 5.11 Å². The minimum Gasteiger partial charge on any atom is -0.478 e. The maximum atomic E-state index is 11.4. The predicted molar refractivity (Wildman–Crippen MR) is 75.0 cm³/mol. The van der Waals surface area contributed by atoms with Crippen LogP contribution in [0.15, 0.2) is 41.8 Å². The maximum Gasteiger partial charge on any atom is 0.338 e. The van der Waals surface area contributed by atoms with Crippen molar-refractivity contribution in [3.8, 4) is 5.82 Å². The molecule has 0 bridgehead atoms. The molecule has 0 amide bonds. The van der Waals surface area contributed by atoms with E-state index in [1.165, 1.54) is 41.5 Å². The summed E-state index contributed by atoms with van der Waals surface area (Å²) in [6, 6.07) is 4.24. The van der Waals surface area contributed by atoms with Gasteiger partial charge in [0.2, 0.25) is 0 Å². The summed E-state index contributed by atoms with van der Waals surface area (Å²) in [4.78, 5) is 18.9. The van der Waals surface area contributed by atoms with Gasteiger partial charge in [0.15, 0.2) is 10.8 Å². The number of hydrogen-bond acceptors (Lipinski definition) is 6. The van der Waals surface area contributed by atoms with Gasteiger partial charge in [-0.3, -0.25) is 4.98 Å². The molecule has 112 valence electrons. The minimum atomic E-state index is -3.95. The fourth-order valence-electron chi connectivity index (χ4n) is 1.97. The molecule has 0 radical (unpaired) electrons. The molecular formula is C12H9N5O4S. The number of carboxylic acid groups (broad SMARTS) is 1. The van der Waals surface area contributed by atoms with E-state index in [1.807, 2.05) is 0 Å². The fourth-order valence-corrected chi connectivity index (χ4v) is 2.46. The number of fused-ring (bicyclic) bond motifs is 1. The van der Waals surface area contributed by atoms with Crippen LogP contribution in [0.2, 0.25) is 0 Å². The lowest BCUT2D eigenvalue weighted by atomic mass is 10.2. The topological polar surface area (TPSA) is 141 Å². The maximum absolute atomic E-state index is 11.4. The molecule has 3 heterocycles. The molecule has 3 aromatic rings. The van der Waals surface area contributed by atoms with Gasteiger partial charge in [0, 0.05) is 11.6 Å². The van der Waals surface area contributed by atoms with Crippen molar-refractivity contribution in [3.63, 3.8) is 0 Å². The molecule has 9 nitrogen and oxygen atoms in total. The standard InChI is InChI=1S/C12H9N5O4S/c13-22(20,21)11-3-1-2-10(16-11)17-9-6-14-4-8(12(18)19)7(9)5-15-17/h1-6H,(H,18,19)(H2,13,20,21). The van der Waals surface area contributed by atoms with Crippen molar-refractivity contribution in [2.75, 3.05) is 0 Å². The Balaban J connectivity index is 2.24. The number of rotatable bonds is 3. The molecule has 0 aliphatic carbocycles. The number of primary sulfonamides is 1. The van der Waals surface area contributed by atoms with Crippen molar-refractivity contribution >= 4 is 26.9 Å². The summed E-state index contributed by atoms with van der Waals surface area (Å²) in [5.41, 5.74) is 0.380. The highest BCUT2D eigenvalue weighted by Crippen LogP contribution is 2.20. The Morgan fingerprint density at radius 1 is 1.23 bits per heavy atom. The van der Waals surface area contributed by atoms with E-state index < -0.39 is 16.0 Å². The number of sulfonamides is 1. The molecule has 22 heavy (non-hydrogen) atoms. The molecule has 0 fully saturated rings.